The van der Waals surface area contributed by atoms with Crippen LogP contribution in [0.5, 0.6) is 5.75 Å². The Morgan fingerprint density at radius 2 is 1.85 bits per heavy atom. The van der Waals surface area contributed by atoms with Crippen molar-refractivity contribution >= 4 is 12.1 Å². The number of rotatable bonds is 4. The van der Waals surface area contributed by atoms with Crippen LogP contribution in [-0.2, 0) is 11.3 Å². The van der Waals surface area contributed by atoms with Crippen LogP contribution in [-0.4, -0.2) is 37.7 Å². The van der Waals surface area contributed by atoms with Gasteiger partial charge < -0.3 is 20.1 Å². The van der Waals surface area contributed by atoms with Crippen molar-refractivity contribution in [2.24, 2.45) is 10.7 Å². The Morgan fingerprint density at radius 1 is 1.15 bits per heavy atom. The average molecular weight is 351 g/mol. The van der Waals surface area contributed by atoms with Gasteiger partial charge in [-0.3, -0.25) is 0 Å². The van der Waals surface area contributed by atoms with Crippen LogP contribution in [0.15, 0.2) is 59.6 Å². The first-order valence-corrected chi connectivity index (χ1v) is 7.97. The summed E-state index contributed by atoms with van der Waals surface area (Å²) < 4.78 is 10.2. The Bertz CT molecular complexity index is 806. The Morgan fingerprint density at radius 3 is 2.50 bits per heavy atom. The van der Waals surface area contributed by atoms with E-state index in [-0.39, 0.29) is 12.6 Å². The Kier molecular flexibility index (Phi) is 7.07. The van der Waals surface area contributed by atoms with Crippen molar-refractivity contribution in [3.8, 4) is 17.6 Å². The third-order valence-electron chi connectivity index (χ3n) is 3.44. The van der Waals surface area contributed by atoms with Gasteiger partial charge in [-0.05, 0) is 29.8 Å². The largest absolute Gasteiger partial charge is 0.497 e. The van der Waals surface area contributed by atoms with E-state index in [2.05, 4.69) is 16.8 Å². The van der Waals surface area contributed by atoms with E-state index in [0.29, 0.717) is 6.54 Å². The van der Waals surface area contributed by atoms with Crippen molar-refractivity contribution in [1.82, 2.24) is 4.90 Å². The average Bonchev–Trinajstić information content (AvgIpc) is 2.67. The molecule has 1 amide bonds. The number of nitrogens with zero attached hydrogens (tertiary/aromatic N) is 2. The molecule has 2 aromatic rings. The topological polar surface area (TPSA) is 77.2 Å². The molecule has 0 atom stereocenters. The molecular weight excluding hydrogens is 330 g/mol. The molecule has 134 valence electrons. The van der Waals surface area contributed by atoms with Crippen molar-refractivity contribution in [2.45, 2.75) is 6.61 Å². The summed E-state index contributed by atoms with van der Waals surface area (Å²) in [4.78, 5) is 17.0. The number of aliphatic imine (C=N–C) groups is 1. The van der Waals surface area contributed by atoms with Crippen LogP contribution in [0.2, 0.25) is 0 Å². The van der Waals surface area contributed by atoms with Crippen LogP contribution in [0.1, 0.15) is 11.1 Å². The fraction of sp³-hybridized carbons (Fsp3) is 0.200. The van der Waals surface area contributed by atoms with E-state index in [4.69, 9.17) is 15.2 Å². The molecule has 0 fully saturated rings. The summed E-state index contributed by atoms with van der Waals surface area (Å²) in [6.45, 7) is 0.477. The quantitative estimate of drug-likeness (QED) is 0.520. The standard InChI is InChI=1S/C20H21N3O3/c1-23(14-6-9-16-10-12-18(25-2)13-11-16)19(21)22-20(24)26-15-17-7-4-3-5-8-17/h3-5,7-8,10-13H,14-15H2,1-2H3,(H2,21,22,24). The molecule has 0 aliphatic rings. The van der Waals surface area contributed by atoms with Crippen molar-refractivity contribution < 1.29 is 14.3 Å². The number of guanidine groups is 1. The molecular formula is C20H21N3O3. The Balaban J connectivity index is 1.83. The van der Waals surface area contributed by atoms with Gasteiger partial charge >= 0.3 is 6.09 Å². The van der Waals surface area contributed by atoms with Crippen LogP contribution in [0.4, 0.5) is 4.79 Å². The normalized spacial score (nSPS) is 10.5. The molecule has 2 rings (SSSR count). The van der Waals surface area contributed by atoms with Gasteiger partial charge in [0.05, 0.1) is 13.7 Å². The number of hydrogen-bond acceptors (Lipinski definition) is 3. The van der Waals surface area contributed by atoms with Crippen molar-refractivity contribution in [1.29, 1.82) is 0 Å². The van der Waals surface area contributed by atoms with Crippen LogP contribution in [0.25, 0.3) is 0 Å². The summed E-state index contributed by atoms with van der Waals surface area (Å²) in [7, 11) is 3.31. The number of carbonyl (C=O) groups is 1. The maximum absolute atomic E-state index is 11.7. The van der Waals surface area contributed by atoms with E-state index in [9.17, 15) is 4.79 Å². The molecule has 0 unspecified atom stereocenters. The van der Waals surface area contributed by atoms with Crippen LogP contribution < -0.4 is 10.5 Å². The monoisotopic (exact) mass is 351 g/mol. The summed E-state index contributed by atoms with van der Waals surface area (Å²) in [5.74, 6) is 6.81. The molecule has 0 saturated heterocycles. The van der Waals surface area contributed by atoms with Crippen molar-refractivity contribution in [3.63, 3.8) is 0 Å². The highest BCUT2D eigenvalue weighted by Gasteiger charge is 2.05. The minimum absolute atomic E-state index is 0.0482. The lowest BCUT2D eigenvalue weighted by molar-refractivity contribution is 0.150. The zero-order chi connectivity index (χ0) is 18.8. The minimum atomic E-state index is -0.735. The van der Waals surface area contributed by atoms with E-state index in [1.807, 2.05) is 54.6 Å². The van der Waals surface area contributed by atoms with E-state index in [0.717, 1.165) is 16.9 Å². The molecule has 0 aliphatic heterocycles. The molecule has 0 heterocycles. The molecule has 0 bridgehead atoms. The van der Waals surface area contributed by atoms with Crippen molar-refractivity contribution in [3.05, 3.63) is 65.7 Å². The van der Waals surface area contributed by atoms with Gasteiger partial charge in [0.2, 0.25) is 5.96 Å². The van der Waals surface area contributed by atoms with Crippen molar-refractivity contribution in [2.75, 3.05) is 20.7 Å². The molecule has 2 aromatic carbocycles. The number of methoxy groups -OCH3 is 1. The first kappa shape index (κ1) is 18.9. The molecule has 0 aliphatic carbocycles. The predicted octanol–water partition coefficient (Wildman–Crippen LogP) is 2.63. The maximum atomic E-state index is 11.7. The highest BCUT2D eigenvalue weighted by molar-refractivity contribution is 5.89. The summed E-state index contributed by atoms with van der Waals surface area (Å²) in [5, 5.41) is 0. The third-order valence-corrected chi connectivity index (χ3v) is 3.44. The smallest absolute Gasteiger partial charge is 0.437 e. The molecule has 6 nitrogen and oxygen atoms in total. The minimum Gasteiger partial charge on any atom is -0.497 e. The number of carbonyl (C=O) groups excluding carboxylic acids is 1. The second-order valence-corrected chi connectivity index (χ2v) is 5.40. The van der Waals surface area contributed by atoms with Gasteiger partial charge in [0.15, 0.2) is 0 Å². The SMILES string of the molecule is COc1ccc(C#CCN(C)/C(N)=N/C(=O)OCc2ccccc2)cc1. The number of benzene rings is 2. The molecule has 0 aromatic heterocycles. The Labute approximate surface area is 153 Å². The first-order chi connectivity index (χ1) is 12.6. The summed E-state index contributed by atoms with van der Waals surface area (Å²) in [6.07, 6.45) is -0.735. The third kappa shape index (κ3) is 6.21. The zero-order valence-corrected chi connectivity index (χ0v) is 14.8. The maximum Gasteiger partial charge on any atom is 0.437 e. The molecule has 6 heteroatoms. The zero-order valence-electron chi connectivity index (χ0n) is 14.8. The molecule has 0 spiro atoms. The molecule has 0 saturated carbocycles. The van der Waals surface area contributed by atoms with E-state index >= 15 is 0 Å². The Hall–Kier alpha value is -3.46. The second kappa shape index (κ2) is 9.74. The number of hydrogen-bond donors (Lipinski definition) is 1. The highest BCUT2D eigenvalue weighted by atomic mass is 16.5. The predicted molar refractivity (Wildman–Crippen MR) is 101 cm³/mol. The van der Waals surface area contributed by atoms with Crippen LogP contribution in [0, 0.1) is 11.8 Å². The molecule has 0 radical (unpaired) electrons. The van der Waals surface area contributed by atoms with Crippen LogP contribution in [0.3, 0.4) is 0 Å². The van der Waals surface area contributed by atoms with Gasteiger partial charge in [0.1, 0.15) is 12.4 Å². The first-order valence-electron chi connectivity index (χ1n) is 7.97. The van der Waals surface area contributed by atoms with E-state index in [1.54, 1.807) is 19.1 Å². The van der Waals surface area contributed by atoms with Crippen LogP contribution >= 0.6 is 0 Å². The lowest BCUT2D eigenvalue weighted by Gasteiger charge is -2.13. The van der Waals surface area contributed by atoms with Gasteiger partial charge in [0, 0.05) is 12.6 Å². The fourth-order valence-electron chi connectivity index (χ4n) is 1.95. The lowest BCUT2D eigenvalue weighted by Crippen LogP contribution is -2.35. The number of nitrogens with two attached hydrogens (primary N) is 1. The van der Waals surface area contributed by atoms with Gasteiger partial charge in [-0.15, -0.1) is 4.99 Å². The molecule has 2 N–H and O–H groups in total. The van der Waals surface area contributed by atoms with E-state index in [1.165, 1.54) is 0 Å². The van der Waals surface area contributed by atoms with Gasteiger partial charge in [0.25, 0.3) is 0 Å². The summed E-state index contributed by atoms with van der Waals surface area (Å²) >= 11 is 0. The summed E-state index contributed by atoms with van der Waals surface area (Å²) in [6, 6.07) is 16.8. The summed E-state index contributed by atoms with van der Waals surface area (Å²) in [5.41, 5.74) is 7.54. The highest BCUT2D eigenvalue weighted by Crippen LogP contribution is 2.10. The van der Waals surface area contributed by atoms with Gasteiger partial charge in [-0.1, -0.05) is 42.2 Å². The second-order valence-electron chi connectivity index (χ2n) is 5.40. The fourth-order valence-corrected chi connectivity index (χ4v) is 1.95. The van der Waals surface area contributed by atoms with Gasteiger partial charge in [-0.2, -0.15) is 0 Å². The number of ether oxygens (including phenoxy) is 2. The lowest BCUT2D eigenvalue weighted by atomic mass is 10.2. The number of amides is 1. The van der Waals surface area contributed by atoms with E-state index < -0.39 is 6.09 Å². The van der Waals surface area contributed by atoms with Gasteiger partial charge in [-0.25, -0.2) is 4.79 Å². The molecule has 26 heavy (non-hydrogen) atoms.